The molecular weight excluding hydrogens is 398 g/mol. The molecule has 1 saturated heterocycles. The molecule has 3 aliphatic rings. The quantitative estimate of drug-likeness (QED) is 0.772. The first-order valence-electron chi connectivity index (χ1n) is 10.8. The van der Waals surface area contributed by atoms with Gasteiger partial charge in [-0.3, -0.25) is 4.90 Å². The molecule has 0 bridgehead atoms. The van der Waals surface area contributed by atoms with Gasteiger partial charge < -0.3 is 5.32 Å². The second-order valence-electron chi connectivity index (χ2n) is 8.51. The summed E-state index contributed by atoms with van der Waals surface area (Å²) in [6.45, 7) is 1.13. The van der Waals surface area contributed by atoms with Crippen LogP contribution in [0.5, 0.6) is 0 Å². The van der Waals surface area contributed by atoms with Gasteiger partial charge in [-0.1, -0.05) is 36.4 Å². The van der Waals surface area contributed by atoms with E-state index in [4.69, 9.17) is 0 Å². The van der Waals surface area contributed by atoms with Gasteiger partial charge in [0, 0.05) is 13.1 Å². The first-order valence-corrected chi connectivity index (χ1v) is 12.3. The van der Waals surface area contributed by atoms with Crippen molar-refractivity contribution in [1.29, 1.82) is 0 Å². The predicted octanol–water partition coefficient (Wildman–Crippen LogP) is 2.68. The number of hydrogen-bond donors (Lipinski definition) is 2. The highest BCUT2D eigenvalue weighted by Crippen LogP contribution is 2.41. The number of nitrogens with zero attached hydrogens (tertiary/aromatic N) is 1. The van der Waals surface area contributed by atoms with Gasteiger partial charge in [0.2, 0.25) is 10.0 Å². The minimum absolute atomic E-state index is 0.355. The van der Waals surface area contributed by atoms with Gasteiger partial charge in [0.1, 0.15) is 5.25 Å². The van der Waals surface area contributed by atoms with E-state index in [-0.39, 0.29) is 0 Å². The number of carbonyl (C=O) groups is 1. The van der Waals surface area contributed by atoms with Crippen LogP contribution in [0.25, 0.3) is 0 Å². The molecule has 158 valence electrons. The molecule has 6 nitrogen and oxygen atoms in total. The molecule has 1 fully saturated rings. The highest BCUT2D eigenvalue weighted by Gasteiger charge is 2.36. The number of urea groups is 1. The Morgan fingerprint density at radius 3 is 2.20 bits per heavy atom. The standard InChI is InChI=1S/C23H27N3O3S/c27-23(25-30(28,29)19-13-24-14-19)26(15-16-6-2-1-3-7-16)22-20-10-4-8-17(20)12-18-9-5-11-21(18)22/h1-3,6-7,12,19,24H,4-5,8-11,13-15H2,(H,25,27). The van der Waals surface area contributed by atoms with Crippen molar-refractivity contribution >= 4 is 21.7 Å². The van der Waals surface area contributed by atoms with Crippen LogP contribution in [-0.2, 0) is 42.3 Å². The van der Waals surface area contributed by atoms with E-state index in [0.29, 0.717) is 19.6 Å². The fourth-order valence-corrected chi connectivity index (χ4v) is 6.07. The van der Waals surface area contributed by atoms with Gasteiger partial charge in [-0.2, -0.15) is 0 Å². The number of benzene rings is 2. The largest absolute Gasteiger partial charge is 0.335 e. The summed E-state index contributed by atoms with van der Waals surface area (Å²) in [5.74, 6) is 0. The molecule has 1 aliphatic heterocycles. The maximum atomic E-state index is 13.4. The molecule has 7 heteroatoms. The van der Waals surface area contributed by atoms with Crippen LogP contribution in [0.4, 0.5) is 10.5 Å². The smallest absolute Gasteiger partial charge is 0.314 e. The number of hydrogen-bond acceptors (Lipinski definition) is 4. The molecule has 2 aliphatic carbocycles. The van der Waals surface area contributed by atoms with Crippen molar-refractivity contribution in [2.24, 2.45) is 0 Å². The lowest BCUT2D eigenvalue weighted by Gasteiger charge is -2.31. The molecule has 5 rings (SSSR count). The molecule has 30 heavy (non-hydrogen) atoms. The Kier molecular flexibility index (Phi) is 5.03. The van der Waals surface area contributed by atoms with Crippen LogP contribution in [0.3, 0.4) is 0 Å². The lowest BCUT2D eigenvalue weighted by molar-refractivity contribution is 0.250. The fraction of sp³-hybridized carbons (Fsp3) is 0.435. The monoisotopic (exact) mass is 425 g/mol. The summed E-state index contributed by atoms with van der Waals surface area (Å²) in [4.78, 5) is 15.1. The molecule has 0 aromatic heterocycles. The van der Waals surface area contributed by atoms with E-state index in [0.717, 1.165) is 49.8 Å². The van der Waals surface area contributed by atoms with Crippen molar-refractivity contribution in [3.63, 3.8) is 0 Å². The third-order valence-corrected chi connectivity index (χ3v) is 8.22. The zero-order valence-electron chi connectivity index (χ0n) is 17.0. The Hall–Kier alpha value is -2.38. The second kappa shape index (κ2) is 7.71. The summed E-state index contributed by atoms with van der Waals surface area (Å²) in [7, 11) is -3.70. The van der Waals surface area contributed by atoms with Gasteiger partial charge in [0.15, 0.2) is 0 Å². The number of amides is 2. The van der Waals surface area contributed by atoms with E-state index in [1.165, 1.54) is 22.3 Å². The van der Waals surface area contributed by atoms with Gasteiger partial charge in [-0.05, 0) is 66.3 Å². The summed E-state index contributed by atoms with van der Waals surface area (Å²) in [5.41, 5.74) is 7.04. The van der Waals surface area contributed by atoms with E-state index < -0.39 is 21.3 Å². The molecule has 0 spiro atoms. The van der Waals surface area contributed by atoms with Crippen LogP contribution in [0.2, 0.25) is 0 Å². The SMILES string of the molecule is O=C(NS(=O)(=O)C1CNC1)N(Cc1ccccc1)c1c2c(cc3c1CCC3)CCC2. The minimum Gasteiger partial charge on any atom is -0.314 e. The van der Waals surface area contributed by atoms with E-state index in [1.807, 2.05) is 30.3 Å². The summed E-state index contributed by atoms with van der Waals surface area (Å²) < 4.78 is 27.7. The van der Waals surface area contributed by atoms with Gasteiger partial charge in [-0.25, -0.2) is 17.9 Å². The molecule has 0 unspecified atom stereocenters. The maximum Gasteiger partial charge on any atom is 0.335 e. The first kappa shape index (κ1) is 19.6. The van der Waals surface area contributed by atoms with Gasteiger partial charge >= 0.3 is 6.03 Å². The molecular formula is C23H27N3O3S. The molecule has 0 radical (unpaired) electrons. The van der Waals surface area contributed by atoms with Crippen molar-refractivity contribution in [2.45, 2.75) is 50.3 Å². The Bertz CT molecular complexity index is 1050. The van der Waals surface area contributed by atoms with Crippen LogP contribution < -0.4 is 14.9 Å². The van der Waals surface area contributed by atoms with Crippen LogP contribution in [0.15, 0.2) is 36.4 Å². The van der Waals surface area contributed by atoms with Crippen LogP contribution in [0.1, 0.15) is 40.7 Å². The third kappa shape index (κ3) is 3.50. The second-order valence-corrected chi connectivity index (χ2v) is 10.5. The fourth-order valence-electron chi connectivity index (χ4n) is 4.87. The molecule has 2 aromatic carbocycles. The highest BCUT2D eigenvalue weighted by atomic mass is 32.2. The van der Waals surface area contributed by atoms with Gasteiger partial charge in [-0.15, -0.1) is 0 Å². The molecule has 1 heterocycles. The Balaban J connectivity index is 1.56. The van der Waals surface area contributed by atoms with Crippen molar-refractivity contribution in [1.82, 2.24) is 10.0 Å². The number of carbonyl (C=O) groups excluding carboxylic acids is 1. The Morgan fingerprint density at radius 2 is 1.63 bits per heavy atom. The number of anilines is 1. The normalized spacial score (nSPS) is 17.9. The number of fused-ring (bicyclic) bond motifs is 2. The number of aryl methyl sites for hydroxylation is 2. The van der Waals surface area contributed by atoms with Gasteiger partial charge in [0.25, 0.3) is 0 Å². The Labute approximate surface area is 177 Å². The summed E-state index contributed by atoms with van der Waals surface area (Å²) >= 11 is 0. The number of rotatable bonds is 5. The molecule has 2 N–H and O–H groups in total. The maximum absolute atomic E-state index is 13.4. The van der Waals surface area contributed by atoms with E-state index in [2.05, 4.69) is 16.1 Å². The van der Waals surface area contributed by atoms with Crippen LogP contribution in [0, 0.1) is 0 Å². The average Bonchev–Trinajstić information content (AvgIpc) is 3.31. The molecule has 0 saturated carbocycles. The van der Waals surface area contributed by atoms with E-state index >= 15 is 0 Å². The first-order chi connectivity index (χ1) is 14.5. The summed E-state index contributed by atoms with van der Waals surface area (Å²) in [6.07, 6.45) is 6.10. The molecule has 0 atom stereocenters. The Morgan fingerprint density at radius 1 is 1.00 bits per heavy atom. The van der Waals surface area contributed by atoms with E-state index in [9.17, 15) is 13.2 Å². The van der Waals surface area contributed by atoms with Crippen molar-refractivity contribution in [2.75, 3.05) is 18.0 Å². The topological polar surface area (TPSA) is 78.5 Å². The highest BCUT2D eigenvalue weighted by molar-refractivity contribution is 7.90. The number of sulfonamides is 1. The van der Waals surface area contributed by atoms with Crippen LogP contribution in [-0.4, -0.2) is 32.8 Å². The average molecular weight is 426 g/mol. The third-order valence-electron chi connectivity index (χ3n) is 6.55. The van der Waals surface area contributed by atoms with Crippen molar-refractivity contribution in [3.8, 4) is 0 Å². The zero-order valence-corrected chi connectivity index (χ0v) is 17.8. The molecule has 2 amide bonds. The summed E-state index contributed by atoms with van der Waals surface area (Å²) in [5, 5.41) is 2.42. The van der Waals surface area contributed by atoms with Crippen molar-refractivity contribution < 1.29 is 13.2 Å². The number of nitrogens with one attached hydrogen (secondary N) is 2. The van der Waals surface area contributed by atoms with E-state index in [1.54, 1.807) is 4.90 Å². The van der Waals surface area contributed by atoms with Crippen molar-refractivity contribution in [3.05, 3.63) is 64.2 Å². The van der Waals surface area contributed by atoms with Gasteiger partial charge in [0.05, 0.1) is 12.2 Å². The molecule has 2 aromatic rings. The predicted molar refractivity (Wildman–Crippen MR) is 117 cm³/mol. The lowest BCUT2D eigenvalue weighted by Crippen LogP contribution is -2.57. The zero-order chi connectivity index (χ0) is 20.7. The summed E-state index contributed by atoms with van der Waals surface area (Å²) in [6, 6.07) is 11.6. The lowest BCUT2D eigenvalue weighted by atomic mass is 9.97. The van der Waals surface area contributed by atoms with Crippen LogP contribution >= 0.6 is 0 Å². The minimum atomic E-state index is -3.70.